The van der Waals surface area contributed by atoms with Crippen molar-refractivity contribution in [3.05, 3.63) is 10.6 Å². The zero-order chi connectivity index (χ0) is 10.0. The number of hydrogen-bond donors (Lipinski definition) is 1. The van der Waals surface area contributed by atoms with Gasteiger partial charge in [-0.1, -0.05) is 4.49 Å². The molecule has 1 aromatic rings. The van der Waals surface area contributed by atoms with Crippen LogP contribution in [0.2, 0.25) is 0 Å². The summed E-state index contributed by atoms with van der Waals surface area (Å²) in [5, 5.41) is 12.1. The minimum Gasteiger partial charge on any atom is -0.477 e. The largest absolute Gasteiger partial charge is 0.477 e. The second-order valence-electron chi connectivity index (χ2n) is 2.46. The van der Waals surface area contributed by atoms with Crippen molar-refractivity contribution >= 4 is 23.4 Å². The molecule has 6 nitrogen and oxygen atoms in total. The summed E-state index contributed by atoms with van der Waals surface area (Å²) in [5.74, 6) is -1.63. The van der Waals surface area contributed by atoms with Crippen LogP contribution in [0.1, 0.15) is 20.2 Å². The summed E-state index contributed by atoms with van der Waals surface area (Å²) >= 11 is 0.695. The van der Waals surface area contributed by atoms with Gasteiger partial charge in [-0.05, 0) is 11.5 Å². The van der Waals surface area contributed by atoms with E-state index in [9.17, 15) is 9.59 Å². The summed E-state index contributed by atoms with van der Waals surface area (Å²) in [6, 6.07) is 0. The Labute approximate surface area is 78.0 Å². The van der Waals surface area contributed by atoms with E-state index in [0.29, 0.717) is 11.5 Å². The zero-order valence-corrected chi connectivity index (χ0v) is 7.83. The standard InChI is InChI=1S/C6H7N3O3S/c1-9(2)5(10)3-4(6(11)12)13-8-7-3/h1-2H3,(H,11,12). The number of carbonyl (C=O) groups is 2. The molecule has 1 aromatic heterocycles. The van der Waals surface area contributed by atoms with E-state index in [1.807, 2.05) is 0 Å². The van der Waals surface area contributed by atoms with Crippen LogP contribution in [0.3, 0.4) is 0 Å². The molecule has 0 atom stereocenters. The first kappa shape index (κ1) is 9.59. The quantitative estimate of drug-likeness (QED) is 0.724. The molecule has 1 N–H and O–H groups in total. The lowest BCUT2D eigenvalue weighted by molar-refractivity contribution is 0.0689. The molecule has 0 bridgehead atoms. The van der Waals surface area contributed by atoms with Gasteiger partial charge in [0.1, 0.15) is 0 Å². The Hall–Kier alpha value is -1.50. The average Bonchev–Trinajstić information content (AvgIpc) is 2.50. The highest BCUT2D eigenvalue weighted by atomic mass is 32.1. The summed E-state index contributed by atoms with van der Waals surface area (Å²) < 4.78 is 3.41. The third-order valence-electron chi connectivity index (χ3n) is 1.29. The molecule has 1 heterocycles. The van der Waals surface area contributed by atoms with Crippen molar-refractivity contribution in [3.8, 4) is 0 Å². The van der Waals surface area contributed by atoms with Crippen molar-refractivity contribution in [2.24, 2.45) is 0 Å². The van der Waals surface area contributed by atoms with Crippen LogP contribution in [-0.2, 0) is 0 Å². The van der Waals surface area contributed by atoms with Gasteiger partial charge in [0, 0.05) is 14.1 Å². The molecule has 0 unspecified atom stereocenters. The molecule has 0 saturated heterocycles. The Morgan fingerprint density at radius 3 is 2.54 bits per heavy atom. The first-order chi connectivity index (χ1) is 6.04. The van der Waals surface area contributed by atoms with Gasteiger partial charge in [0.05, 0.1) is 0 Å². The number of carboxylic acid groups (broad SMARTS) is 1. The summed E-state index contributed by atoms with van der Waals surface area (Å²) in [5.41, 5.74) is -0.109. The van der Waals surface area contributed by atoms with Gasteiger partial charge < -0.3 is 10.0 Å². The Balaban J connectivity index is 3.08. The average molecular weight is 201 g/mol. The highest BCUT2D eigenvalue weighted by Crippen LogP contribution is 2.11. The number of rotatable bonds is 2. The molecule has 7 heteroatoms. The van der Waals surface area contributed by atoms with E-state index in [1.165, 1.54) is 19.0 Å². The molecular formula is C6H7N3O3S. The third kappa shape index (κ3) is 1.81. The molecule has 0 aliphatic rings. The summed E-state index contributed by atoms with van der Waals surface area (Å²) in [6.07, 6.45) is 0. The van der Waals surface area contributed by atoms with Gasteiger partial charge in [-0.25, -0.2) is 4.79 Å². The molecular weight excluding hydrogens is 194 g/mol. The van der Waals surface area contributed by atoms with E-state index in [4.69, 9.17) is 5.11 Å². The van der Waals surface area contributed by atoms with E-state index in [1.54, 1.807) is 0 Å². The predicted molar refractivity (Wildman–Crippen MR) is 44.9 cm³/mol. The SMILES string of the molecule is CN(C)C(=O)c1nnsc1C(=O)O. The fraction of sp³-hybridized carbons (Fsp3) is 0.333. The van der Waals surface area contributed by atoms with Crippen LogP contribution >= 0.6 is 11.5 Å². The van der Waals surface area contributed by atoms with Gasteiger partial charge in [-0.15, -0.1) is 5.10 Å². The molecule has 0 aliphatic heterocycles. The Morgan fingerprint density at radius 1 is 1.46 bits per heavy atom. The lowest BCUT2D eigenvalue weighted by atomic mass is 10.3. The molecule has 70 valence electrons. The Morgan fingerprint density at radius 2 is 2.08 bits per heavy atom. The van der Waals surface area contributed by atoms with Crippen molar-refractivity contribution in [3.63, 3.8) is 0 Å². The normalized spacial score (nSPS) is 9.69. The Kier molecular flexibility index (Phi) is 2.57. The number of amides is 1. The van der Waals surface area contributed by atoms with E-state index < -0.39 is 11.9 Å². The van der Waals surface area contributed by atoms with Crippen molar-refractivity contribution in [1.82, 2.24) is 14.5 Å². The van der Waals surface area contributed by atoms with Crippen LogP contribution in [0, 0.1) is 0 Å². The summed E-state index contributed by atoms with van der Waals surface area (Å²) in [6.45, 7) is 0. The highest BCUT2D eigenvalue weighted by molar-refractivity contribution is 7.08. The van der Waals surface area contributed by atoms with Gasteiger partial charge in [0.15, 0.2) is 10.6 Å². The number of hydrogen-bond acceptors (Lipinski definition) is 5. The van der Waals surface area contributed by atoms with E-state index in [0.717, 1.165) is 0 Å². The van der Waals surface area contributed by atoms with E-state index in [-0.39, 0.29) is 10.6 Å². The van der Waals surface area contributed by atoms with Gasteiger partial charge in [0.25, 0.3) is 5.91 Å². The first-order valence-electron chi connectivity index (χ1n) is 3.31. The molecule has 0 saturated carbocycles. The zero-order valence-electron chi connectivity index (χ0n) is 7.01. The van der Waals surface area contributed by atoms with Gasteiger partial charge in [0.2, 0.25) is 0 Å². The minimum absolute atomic E-state index is 0.109. The number of carbonyl (C=O) groups excluding carboxylic acids is 1. The molecule has 1 amide bonds. The summed E-state index contributed by atoms with van der Waals surface area (Å²) in [7, 11) is 3.04. The van der Waals surface area contributed by atoms with Crippen LogP contribution in [0.15, 0.2) is 0 Å². The molecule has 0 radical (unpaired) electrons. The number of nitrogens with zero attached hydrogens (tertiary/aromatic N) is 3. The summed E-state index contributed by atoms with van der Waals surface area (Å²) in [4.78, 5) is 23.0. The van der Waals surface area contributed by atoms with Crippen LogP contribution in [-0.4, -0.2) is 45.6 Å². The van der Waals surface area contributed by atoms with E-state index >= 15 is 0 Å². The molecule has 0 spiro atoms. The van der Waals surface area contributed by atoms with Gasteiger partial charge in [-0.2, -0.15) is 0 Å². The van der Waals surface area contributed by atoms with Crippen LogP contribution in [0.4, 0.5) is 0 Å². The van der Waals surface area contributed by atoms with Crippen LogP contribution in [0.5, 0.6) is 0 Å². The molecule has 0 fully saturated rings. The monoisotopic (exact) mass is 201 g/mol. The van der Waals surface area contributed by atoms with Gasteiger partial charge >= 0.3 is 5.97 Å². The van der Waals surface area contributed by atoms with E-state index in [2.05, 4.69) is 9.59 Å². The lowest BCUT2D eigenvalue weighted by Crippen LogP contribution is -2.23. The van der Waals surface area contributed by atoms with Crippen LogP contribution < -0.4 is 0 Å². The predicted octanol–water partition coefficient (Wildman–Crippen LogP) is -0.0619. The molecule has 13 heavy (non-hydrogen) atoms. The molecule has 0 aromatic carbocycles. The van der Waals surface area contributed by atoms with Crippen LogP contribution in [0.25, 0.3) is 0 Å². The smallest absolute Gasteiger partial charge is 0.350 e. The minimum atomic E-state index is -1.18. The van der Waals surface area contributed by atoms with Gasteiger partial charge in [-0.3, -0.25) is 4.79 Å². The Bertz CT molecular complexity index is 347. The second-order valence-corrected chi connectivity index (χ2v) is 3.21. The fourth-order valence-corrected chi connectivity index (χ4v) is 1.18. The number of carboxylic acids is 1. The first-order valence-corrected chi connectivity index (χ1v) is 4.08. The number of aromatic carboxylic acids is 1. The van der Waals surface area contributed by atoms with Crippen molar-refractivity contribution < 1.29 is 14.7 Å². The highest BCUT2D eigenvalue weighted by Gasteiger charge is 2.22. The topological polar surface area (TPSA) is 83.4 Å². The van der Waals surface area contributed by atoms with Crippen molar-refractivity contribution in [2.45, 2.75) is 0 Å². The van der Waals surface area contributed by atoms with Crippen molar-refractivity contribution in [2.75, 3.05) is 14.1 Å². The fourth-order valence-electron chi connectivity index (χ4n) is 0.683. The molecule has 1 rings (SSSR count). The maximum Gasteiger partial charge on any atom is 0.350 e. The molecule has 0 aliphatic carbocycles. The number of aromatic nitrogens is 2. The third-order valence-corrected chi connectivity index (χ3v) is 2.00. The lowest BCUT2D eigenvalue weighted by Gasteiger charge is -2.06. The maximum atomic E-state index is 11.3. The maximum absolute atomic E-state index is 11.3. The second kappa shape index (κ2) is 3.48. The van der Waals surface area contributed by atoms with Crippen molar-refractivity contribution in [1.29, 1.82) is 0 Å².